The summed E-state index contributed by atoms with van der Waals surface area (Å²) >= 11 is 0. The summed E-state index contributed by atoms with van der Waals surface area (Å²) in [6.07, 6.45) is 6.95. The van der Waals surface area contributed by atoms with Gasteiger partial charge in [-0.3, -0.25) is 0 Å². The number of hydrogen-bond acceptors (Lipinski definition) is 2. The van der Waals surface area contributed by atoms with Gasteiger partial charge in [-0.1, -0.05) is 12.5 Å². The van der Waals surface area contributed by atoms with E-state index in [0.29, 0.717) is 6.04 Å². The predicted molar refractivity (Wildman–Crippen MR) is 74.2 cm³/mol. The van der Waals surface area contributed by atoms with Crippen molar-refractivity contribution in [1.82, 2.24) is 10.3 Å². The molecule has 1 aliphatic heterocycles. The number of nitrogens with one attached hydrogen (secondary N) is 2. The lowest BCUT2D eigenvalue weighted by Crippen LogP contribution is -2.35. The molecule has 0 bridgehead atoms. The molecule has 0 amide bonds. The number of ether oxygens (including phenoxy) is 1. The van der Waals surface area contributed by atoms with E-state index in [4.69, 9.17) is 4.74 Å². The van der Waals surface area contributed by atoms with Crippen LogP contribution in [0.3, 0.4) is 0 Å². The van der Waals surface area contributed by atoms with Gasteiger partial charge < -0.3 is 15.0 Å². The van der Waals surface area contributed by atoms with Crippen molar-refractivity contribution in [3.63, 3.8) is 0 Å². The molecule has 0 aliphatic carbocycles. The standard InChI is InChI=1S/C15H20N2O/c1-18-15-11(10-12-4-2-3-8-16-12)5-6-14-13(15)7-9-17-14/h5-7,9,12,16-17H,2-4,8,10H2,1H3. The number of fused-ring (bicyclic) bond motifs is 1. The minimum Gasteiger partial charge on any atom is -0.496 e. The molecule has 3 heteroatoms. The van der Waals surface area contributed by atoms with Crippen LogP contribution in [-0.4, -0.2) is 24.7 Å². The quantitative estimate of drug-likeness (QED) is 0.871. The summed E-state index contributed by atoms with van der Waals surface area (Å²) in [6, 6.07) is 7.03. The molecule has 2 aromatic rings. The summed E-state index contributed by atoms with van der Waals surface area (Å²) < 4.78 is 5.61. The molecule has 96 valence electrons. The van der Waals surface area contributed by atoms with Crippen LogP contribution in [-0.2, 0) is 6.42 Å². The van der Waals surface area contributed by atoms with Crippen molar-refractivity contribution in [2.75, 3.05) is 13.7 Å². The predicted octanol–water partition coefficient (Wildman–Crippen LogP) is 2.86. The van der Waals surface area contributed by atoms with Gasteiger partial charge in [-0.05, 0) is 43.5 Å². The fraction of sp³-hybridized carbons (Fsp3) is 0.467. The summed E-state index contributed by atoms with van der Waals surface area (Å²) in [4.78, 5) is 3.23. The second-order valence-electron chi connectivity index (χ2n) is 5.05. The zero-order chi connectivity index (χ0) is 12.4. The van der Waals surface area contributed by atoms with E-state index in [1.54, 1.807) is 7.11 Å². The maximum Gasteiger partial charge on any atom is 0.131 e. The molecule has 0 radical (unpaired) electrons. The number of hydrogen-bond donors (Lipinski definition) is 2. The van der Waals surface area contributed by atoms with Gasteiger partial charge in [0, 0.05) is 23.1 Å². The first-order chi connectivity index (χ1) is 8.88. The van der Waals surface area contributed by atoms with Crippen LogP contribution in [0.1, 0.15) is 24.8 Å². The van der Waals surface area contributed by atoms with E-state index >= 15 is 0 Å². The molecule has 1 aromatic carbocycles. The molecule has 0 saturated carbocycles. The van der Waals surface area contributed by atoms with Gasteiger partial charge in [-0.2, -0.15) is 0 Å². The van der Waals surface area contributed by atoms with Crippen molar-refractivity contribution in [3.05, 3.63) is 30.0 Å². The van der Waals surface area contributed by atoms with Crippen molar-refractivity contribution in [2.24, 2.45) is 0 Å². The largest absolute Gasteiger partial charge is 0.496 e. The monoisotopic (exact) mass is 244 g/mol. The van der Waals surface area contributed by atoms with E-state index in [2.05, 4.69) is 28.5 Å². The molecule has 3 rings (SSSR count). The lowest BCUT2D eigenvalue weighted by molar-refractivity contribution is 0.384. The van der Waals surface area contributed by atoms with Crippen molar-refractivity contribution in [2.45, 2.75) is 31.7 Å². The van der Waals surface area contributed by atoms with E-state index in [0.717, 1.165) is 24.2 Å². The first-order valence-corrected chi connectivity index (χ1v) is 6.75. The van der Waals surface area contributed by atoms with Gasteiger partial charge in [0.15, 0.2) is 0 Å². The van der Waals surface area contributed by atoms with Gasteiger partial charge in [0.05, 0.1) is 7.11 Å². The number of aromatic amines is 1. The van der Waals surface area contributed by atoms with Crippen LogP contribution in [0.5, 0.6) is 5.75 Å². The van der Waals surface area contributed by atoms with Gasteiger partial charge in [-0.15, -0.1) is 0 Å². The highest BCUT2D eigenvalue weighted by Gasteiger charge is 2.16. The number of aromatic nitrogens is 1. The minimum atomic E-state index is 0.601. The molecule has 1 unspecified atom stereocenters. The SMILES string of the molecule is COc1c(CC2CCCCN2)ccc2[nH]ccc12. The first kappa shape index (κ1) is 11.6. The number of rotatable bonds is 3. The Morgan fingerprint density at radius 1 is 1.28 bits per heavy atom. The maximum absolute atomic E-state index is 5.61. The van der Waals surface area contributed by atoms with Gasteiger partial charge in [0.2, 0.25) is 0 Å². The van der Waals surface area contributed by atoms with E-state index in [9.17, 15) is 0 Å². The van der Waals surface area contributed by atoms with Crippen LogP contribution in [0.4, 0.5) is 0 Å². The Balaban J connectivity index is 1.90. The number of H-pyrrole nitrogens is 1. The Kier molecular flexibility index (Phi) is 3.24. The zero-order valence-electron chi connectivity index (χ0n) is 10.8. The molecule has 3 nitrogen and oxygen atoms in total. The second kappa shape index (κ2) is 5.02. The Bertz CT molecular complexity index is 526. The number of benzene rings is 1. The normalized spacial score (nSPS) is 20.2. The molecule has 2 heterocycles. The molecule has 1 aromatic heterocycles. The van der Waals surface area contributed by atoms with Crippen molar-refractivity contribution in [3.8, 4) is 5.75 Å². The van der Waals surface area contributed by atoms with Crippen LogP contribution >= 0.6 is 0 Å². The van der Waals surface area contributed by atoms with Crippen molar-refractivity contribution >= 4 is 10.9 Å². The maximum atomic E-state index is 5.61. The minimum absolute atomic E-state index is 0.601. The highest BCUT2D eigenvalue weighted by atomic mass is 16.5. The molecule has 2 N–H and O–H groups in total. The van der Waals surface area contributed by atoms with Crippen LogP contribution in [0.25, 0.3) is 10.9 Å². The second-order valence-corrected chi connectivity index (χ2v) is 5.05. The first-order valence-electron chi connectivity index (χ1n) is 6.75. The average molecular weight is 244 g/mol. The molecule has 18 heavy (non-hydrogen) atoms. The van der Waals surface area contributed by atoms with Gasteiger partial charge in [-0.25, -0.2) is 0 Å². The zero-order valence-corrected chi connectivity index (χ0v) is 10.8. The van der Waals surface area contributed by atoms with Crippen LogP contribution in [0.2, 0.25) is 0 Å². The number of piperidine rings is 1. The summed E-state index contributed by atoms with van der Waals surface area (Å²) in [5, 5.41) is 4.78. The van der Waals surface area contributed by atoms with Gasteiger partial charge in [0.25, 0.3) is 0 Å². The van der Waals surface area contributed by atoms with Gasteiger partial charge >= 0.3 is 0 Å². The third-order valence-corrected chi connectivity index (χ3v) is 3.85. The average Bonchev–Trinajstić information content (AvgIpc) is 2.88. The summed E-state index contributed by atoms with van der Waals surface area (Å²) in [7, 11) is 1.76. The fourth-order valence-electron chi connectivity index (χ4n) is 2.92. The summed E-state index contributed by atoms with van der Waals surface area (Å²) in [6.45, 7) is 1.15. The Hall–Kier alpha value is -1.48. The topological polar surface area (TPSA) is 37.0 Å². The van der Waals surface area contributed by atoms with Crippen LogP contribution in [0, 0.1) is 0 Å². The molecule has 1 saturated heterocycles. The molecule has 1 atom stereocenters. The van der Waals surface area contributed by atoms with Crippen molar-refractivity contribution in [1.29, 1.82) is 0 Å². The Morgan fingerprint density at radius 3 is 3.00 bits per heavy atom. The van der Waals surface area contributed by atoms with E-state index in [1.165, 1.54) is 30.2 Å². The van der Waals surface area contributed by atoms with Crippen molar-refractivity contribution < 1.29 is 4.74 Å². The third-order valence-electron chi connectivity index (χ3n) is 3.85. The Morgan fingerprint density at radius 2 is 2.22 bits per heavy atom. The molecule has 0 spiro atoms. The lowest BCUT2D eigenvalue weighted by Gasteiger charge is -2.24. The summed E-state index contributed by atoms with van der Waals surface area (Å²) in [5.41, 5.74) is 2.45. The number of methoxy groups -OCH3 is 1. The highest BCUT2D eigenvalue weighted by Crippen LogP contribution is 2.30. The highest BCUT2D eigenvalue weighted by molar-refractivity contribution is 5.87. The van der Waals surface area contributed by atoms with E-state index < -0.39 is 0 Å². The van der Waals surface area contributed by atoms with E-state index in [-0.39, 0.29) is 0 Å². The fourth-order valence-corrected chi connectivity index (χ4v) is 2.92. The molecular formula is C15H20N2O. The summed E-state index contributed by atoms with van der Waals surface area (Å²) in [5.74, 6) is 1.03. The van der Waals surface area contributed by atoms with Gasteiger partial charge in [0.1, 0.15) is 5.75 Å². The van der Waals surface area contributed by atoms with Crippen LogP contribution in [0.15, 0.2) is 24.4 Å². The molecular weight excluding hydrogens is 224 g/mol. The third kappa shape index (κ3) is 2.10. The Labute approximate surface area is 108 Å². The van der Waals surface area contributed by atoms with E-state index in [1.807, 2.05) is 6.20 Å². The van der Waals surface area contributed by atoms with Crippen LogP contribution < -0.4 is 10.1 Å². The lowest BCUT2D eigenvalue weighted by atomic mass is 9.96. The molecule has 1 aliphatic rings. The molecule has 1 fully saturated rings. The smallest absolute Gasteiger partial charge is 0.131 e.